The van der Waals surface area contributed by atoms with E-state index in [9.17, 15) is 4.79 Å². The van der Waals surface area contributed by atoms with Crippen LogP contribution in [-0.2, 0) is 0 Å². The Morgan fingerprint density at radius 1 is 1.00 bits per heavy atom. The Morgan fingerprint density at radius 3 is 2.64 bits per heavy atom. The minimum absolute atomic E-state index is 0.0512. The zero-order valence-corrected chi connectivity index (χ0v) is 16.3. The second-order valence-electron chi connectivity index (χ2n) is 7.73. The molecule has 0 amide bonds. The first-order valence-corrected chi connectivity index (χ1v) is 10.2. The Morgan fingerprint density at radius 2 is 1.79 bits per heavy atom. The molecule has 28 heavy (non-hydrogen) atoms. The molecule has 4 heteroatoms. The molecule has 5 rings (SSSR count). The molecule has 2 aromatic carbocycles. The summed E-state index contributed by atoms with van der Waals surface area (Å²) in [4.78, 5) is 17.4. The van der Waals surface area contributed by atoms with Gasteiger partial charge in [-0.2, -0.15) is 0 Å². The van der Waals surface area contributed by atoms with Crippen molar-refractivity contribution in [2.45, 2.75) is 31.6 Å². The maximum Gasteiger partial charge on any atom is 0.182 e. The van der Waals surface area contributed by atoms with Gasteiger partial charge in [-0.15, -0.1) is 0 Å². The van der Waals surface area contributed by atoms with E-state index in [1.807, 2.05) is 10.5 Å². The van der Waals surface area contributed by atoms with Gasteiger partial charge in [0.25, 0.3) is 0 Å². The molecule has 0 atom stereocenters. The van der Waals surface area contributed by atoms with Crippen molar-refractivity contribution in [2.75, 3.05) is 0 Å². The van der Waals surface area contributed by atoms with Gasteiger partial charge in [-0.05, 0) is 60.1 Å². The molecule has 0 unspecified atom stereocenters. The minimum atomic E-state index is 0.0512. The number of carbonyl (C=O) groups is 1. The van der Waals surface area contributed by atoms with E-state index in [4.69, 9.17) is 11.6 Å². The third-order valence-electron chi connectivity index (χ3n) is 6.10. The molecule has 1 fully saturated rings. The number of rotatable bonds is 3. The Labute approximate surface area is 169 Å². The van der Waals surface area contributed by atoms with Crippen LogP contribution < -0.4 is 0 Å². The average molecular weight is 389 g/mol. The number of halogens is 1. The predicted octanol–water partition coefficient (Wildman–Crippen LogP) is 6.30. The van der Waals surface area contributed by atoms with Crippen LogP contribution in [0, 0.1) is 5.92 Å². The monoisotopic (exact) mass is 388 g/mol. The summed E-state index contributed by atoms with van der Waals surface area (Å²) >= 11 is 6.23. The fraction of sp³-hybridized carbons (Fsp3) is 0.250. The minimum Gasteiger partial charge on any atom is -0.296 e. The average Bonchev–Trinajstić information content (AvgIpc) is 3.21. The number of hydrogen-bond acceptors (Lipinski definition) is 2. The maximum atomic E-state index is 13.2. The van der Waals surface area contributed by atoms with Crippen molar-refractivity contribution in [3.8, 4) is 0 Å². The van der Waals surface area contributed by atoms with E-state index in [0.29, 0.717) is 16.6 Å². The quantitative estimate of drug-likeness (QED) is 0.386. The fourth-order valence-electron chi connectivity index (χ4n) is 4.67. The molecule has 3 nitrogen and oxygen atoms in total. The number of Topliss-reactive ketones (excluding diaryl/α,β-unsaturated/α-hetero) is 1. The van der Waals surface area contributed by atoms with E-state index in [1.54, 1.807) is 18.6 Å². The first-order valence-electron chi connectivity index (χ1n) is 9.84. The van der Waals surface area contributed by atoms with Crippen LogP contribution >= 0.6 is 11.6 Å². The lowest BCUT2D eigenvalue weighted by atomic mass is 9.75. The molecule has 1 aliphatic carbocycles. The highest BCUT2D eigenvalue weighted by Gasteiger charge is 2.29. The van der Waals surface area contributed by atoms with E-state index in [-0.39, 0.29) is 11.7 Å². The Kier molecular flexibility index (Phi) is 4.40. The van der Waals surface area contributed by atoms with Crippen molar-refractivity contribution < 1.29 is 4.79 Å². The lowest BCUT2D eigenvalue weighted by molar-refractivity contribution is 0.0877. The van der Waals surface area contributed by atoms with Crippen LogP contribution in [0.1, 0.15) is 47.7 Å². The maximum absolute atomic E-state index is 13.2. The van der Waals surface area contributed by atoms with Crippen molar-refractivity contribution in [2.24, 2.45) is 5.92 Å². The molecule has 0 aliphatic heterocycles. The molecule has 2 aromatic heterocycles. The van der Waals surface area contributed by atoms with Crippen molar-refractivity contribution in [3.63, 3.8) is 0 Å². The number of fused-ring (bicyclic) bond motifs is 2. The molecule has 1 saturated carbocycles. The van der Waals surface area contributed by atoms with Gasteiger partial charge in [0.15, 0.2) is 5.78 Å². The number of carbonyl (C=O) groups excluding carboxylic acids is 1. The van der Waals surface area contributed by atoms with Gasteiger partial charge in [-0.25, -0.2) is 4.98 Å². The lowest BCUT2D eigenvalue weighted by Crippen LogP contribution is -2.23. The predicted molar refractivity (Wildman–Crippen MR) is 113 cm³/mol. The topological polar surface area (TPSA) is 34.4 Å². The van der Waals surface area contributed by atoms with Crippen molar-refractivity contribution in [1.82, 2.24) is 9.38 Å². The molecule has 0 spiro atoms. The van der Waals surface area contributed by atoms with Crippen LogP contribution in [0.4, 0.5) is 0 Å². The van der Waals surface area contributed by atoms with E-state index >= 15 is 0 Å². The third-order valence-corrected chi connectivity index (χ3v) is 6.32. The van der Waals surface area contributed by atoms with Crippen LogP contribution in [0.5, 0.6) is 0 Å². The Hall–Kier alpha value is -2.65. The summed E-state index contributed by atoms with van der Waals surface area (Å²) in [7, 11) is 0. The molecular weight excluding hydrogens is 368 g/mol. The molecule has 0 N–H and O–H groups in total. The number of hydrogen-bond donors (Lipinski definition) is 0. The van der Waals surface area contributed by atoms with Crippen LogP contribution in [0.15, 0.2) is 67.1 Å². The highest BCUT2D eigenvalue weighted by atomic mass is 35.5. The van der Waals surface area contributed by atoms with Crippen molar-refractivity contribution in [3.05, 3.63) is 83.4 Å². The number of ketones is 1. The summed E-state index contributed by atoms with van der Waals surface area (Å²) in [6.45, 7) is 0. The molecule has 0 radical (unpaired) electrons. The SMILES string of the molecule is O=C(c1cc(Cl)cc2cncn12)C1CCC(c2cccc3ccccc23)CC1. The first-order chi connectivity index (χ1) is 13.7. The summed E-state index contributed by atoms with van der Waals surface area (Å²) in [5.41, 5.74) is 2.93. The van der Waals surface area contributed by atoms with Crippen LogP contribution in [0.2, 0.25) is 5.02 Å². The highest BCUT2D eigenvalue weighted by molar-refractivity contribution is 6.31. The van der Waals surface area contributed by atoms with E-state index in [1.165, 1.54) is 16.3 Å². The molecule has 2 heterocycles. The van der Waals surface area contributed by atoms with Crippen LogP contribution in [0.25, 0.3) is 16.3 Å². The zero-order valence-electron chi connectivity index (χ0n) is 15.5. The summed E-state index contributed by atoms with van der Waals surface area (Å²) < 4.78 is 1.85. The zero-order chi connectivity index (χ0) is 19.1. The van der Waals surface area contributed by atoms with E-state index in [2.05, 4.69) is 47.4 Å². The van der Waals surface area contributed by atoms with Gasteiger partial charge < -0.3 is 0 Å². The standard InChI is InChI=1S/C24H21ClN2O/c25-19-12-20-14-26-15-27(20)23(13-19)24(28)18-10-8-17(9-11-18)22-7-3-5-16-4-1-2-6-21(16)22/h1-7,12-15,17-18H,8-11H2. The van der Waals surface area contributed by atoms with Crippen molar-refractivity contribution in [1.29, 1.82) is 0 Å². The Bertz CT molecular complexity index is 1170. The molecule has 4 aromatic rings. The fourth-order valence-corrected chi connectivity index (χ4v) is 4.88. The van der Waals surface area contributed by atoms with Gasteiger partial charge in [-0.1, -0.05) is 54.1 Å². The largest absolute Gasteiger partial charge is 0.296 e. The number of benzene rings is 2. The molecule has 1 aliphatic rings. The van der Waals surface area contributed by atoms with Gasteiger partial charge in [0.05, 0.1) is 23.7 Å². The van der Waals surface area contributed by atoms with E-state index < -0.39 is 0 Å². The molecule has 0 saturated heterocycles. The second-order valence-corrected chi connectivity index (χ2v) is 8.16. The third kappa shape index (κ3) is 3.00. The lowest BCUT2D eigenvalue weighted by Gasteiger charge is -2.29. The van der Waals surface area contributed by atoms with Crippen molar-refractivity contribution >= 4 is 33.7 Å². The van der Waals surface area contributed by atoms with Gasteiger partial charge in [-0.3, -0.25) is 9.20 Å². The number of nitrogens with zero attached hydrogens (tertiary/aromatic N) is 2. The number of imidazole rings is 1. The van der Waals surface area contributed by atoms with Gasteiger partial charge in [0, 0.05) is 10.9 Å². The Balaban J connectivity index is 1.38. The molecule has 140 valence electrons. The highest BCUT2D eigenvalue weighted by Crippen LogP contribution is 2.39. The molecule has 0 bridgehead atoms. The van der Waals surface area contributed by atoms with E-state index in [0.717, 1.165) is 31.2 Å². The number of aromatic nitrogens is 2. The smallest absolute Gasteiger partial charge is 0.182 e. The second kappa shape index (κ2) is 7.06. The van der Waals surface area contributed by atoms with Crippen LogP contribution in [0.3, 0.4) is 0 Å². The van der Waals surface area contributed by atoms with Gasteiger partial charge >= 0.3 is 0 Å². The summed E-state index contributed by atoms with van der Waals surface area (Å²) in [5.74, 6) is 0.750. The summed E-state index contributed by atoms with van der Waals surface area (Å²) in [6, 6.07) is 18.8. The molecular formula is C24H21ClN2O. The normalized spacial score (nSPS) is 19.9. The van der Waals surface area contributed by atoms with Gasteiger partial charge in [0.2, 0.25) is 0 Å². The van der Waals surface area contributed by atoms with Crippen LogP contribution in [-0.4, -0.2) is 15.2 Å². The van der Waals surface area contributed by atoms with Gasteiger partial charge in [0.1, 0.15) is 0 Å². The number of pyridine rings is 1. The summed E-state index contributed by atoms with van der Waals surface area (Å²) in [5, 5.41) is 3.22. The summed E-state index contributed by atoms with van der Waals surface area (Å²) in [6.07, 6.45) is 7.33. The first kappa shape index (κ1) is 17.4.